The maximum atomic E-state index is 11.5. The van der Waals surface area contributed by atoms with Gasteiger partial charge in [-0.2, -0.15) is 0 Å². The fourth-order valence-electron chi connectivity index (χ4n) is 1.25. The molecule has 0 atom stereocenters. The molecule has 0 unspecified atom stereocenters. The molecule has 16 heavy (non-hydrogen) atoms. The van der Waals surface area contributed by atoms with Gasteiger partial charge in [-0.15, -0.1) is 0 Å². The van der Waals surface area contributed by atoms with Crippen molar-refractivity contribution in [2.24, 2.45) is 5.92 Å². The Balaban J connectivity index is 4.25. The molecule has 0 aromatic carbocycles. The smallest absolute Gasteiger partial charge is 0.320 e. The highest BCUT2D eigenvalue weighted by atomic mass is 16.6. The van der Waals surface area contributed by atoms with Crippen molar-refractivity contribution >= 4 is 11.9 Å². The summed E-state index contributed by atoms with van der Waals surface area (Å²) in [6.07, 6.45) is 1.02. The van der Waals surface area contributed by atoms with E-state index in [1.54, 1.807) is 21.0 Å². The normalized spacial score (nSPS) is 10.2. The molecule has 5 nitrogen and oxygen atoms in total. The molecule has 0 bridgehead atoms. The number of ether oxygens (including phenoxy) is 3. The van der Waals surface area contributed by atoms with E-state index in [4.69, 9.17) is 14.2 Å². The van der Waals surface area contributed by atoms with Crippen LogP contribution < -0.4 is 0 Å². The molecule has 0 aliphatic rings. The summed E-state index contributed by atoms with van der Waals surface area (Å²) in [6.45, 7) is 4.44. The molecule has 0 aromatic rings. The van der Waals surface area contributed by atoms with Gasteiger partial charge in [-0.25, -0.2) is 0 Å². The molecule has 0 amide bonds. The van der Waals surface area contributed by atoms with Gasteiger partial charge in [0.1, 0.15) is 0 Å². The number of methoxy groups -OCH3 is 1. The average Bonchev–Trinajstić information content (AvgIpc) is 2.25. The van der Waals surface area contributed by atoms with E-state index in [1.165, 1.54) is 0 Å². The third kappa shape index (κ3) is 5.70. The van der Waals surface area contributed by atoms with Crippen LogP contribution >= 0.6 is 0 Å². The maximum Gasteiger partial charge on any atom is 0.320 e. The first-order valence-corrected chi connectivity index (χ1v) is 5.49. The summed E-state index contributed by atoms with van der Waals surface area (Å²) in [5, 5.41) is 0. The molecule has 0 radical (unpaired) electrons. The summed E-state index contributed by atoms with van der Waals surface area (Å²) in [6, 6.07) is 0. The molecule has 0 rings (SSSR count). The lowest BCUT2D eigenvalue weighted by molar-refractivity contribution is -0.162. The minimum Gasteiger partial charge on any atom is -0.465 e. The van der Waals surface area contributed by atoms with Crippen molar-refractivity contribution in [3.05, 3.63) is 0 Å². The molecular weight excluding hydrogens is 212 g/mol. The molecule has 0 saturated heterocycles. The minimum atomic E-state index is -0.824. The van der Waals surface area contributed by atoms with E-state index >= 15 is 0 Å². The highest BCUT2D eigenvalue weighted by Gasteiger charge is 2.28. The van der Waals surface area contributed by atoms with Crippen molar-refractivity contribution in [3.63, 3.8) is 0 Å². The van der Waals surface area contributed by atoms with Crippen LogP contribution in [0.1, 0.15) is 26.7 Å². The van der Waals surface area contributed by atoms with Crippen LogP contribution in [0.15, 0.2) is 0 Å². The van der Waals surface area contributed by atoms with Crippen LogP contribution in [0.2, 0.25) is 0 Å². The zero-order valence-electron chi connectivity index (χ0n) is 10.2. The van der Waals surface area contributed by atoms with Crippen LogP contribution in [0.5, 0.6) is 0 Å². The molecule has 0 aliphatic carbocycles. The first-order chi connectivity index (χ1) is 7.67. The molecule has 0 N–H and O–H groups in total. The summed E-state index contributed by atoms with van der Waals surface area (Å²) in [7, 11) is 1.57. The highest BCUT2D eigenvalue weighted by molar-refractivity contribution is 5.94. The fourth-order valence-corrected chi connectivity index (χ4v) is 1.25. The van der Waals surface area contributed by atoms with Crippen LogP contribution in [-0.2, 0) is 23.8 Å². The topological polar surface area (TPSA) is 61.8 Å². The Morgan fingerprint density at radius 3 is 1.94 bits per heavy atom. The van der Waals surface area contributed by atoms with Crippen LogP contribution in [0.3, 0.4) is 0 Å². The second kappa shape index (κ2) is 9.15. The van der Waals surface area contributed by atoms with Crippen molar-refractivity contribution < 1.29 is 23.8 Å². The number of hydrogen-bond donors (Lipinski definition) is 0. The van der Waals surface area contributed by atoms with E-state index in [0.717, 1.165) is 0 Å². The van der Waals surface area contributed by atoms with E-state index in [-0.39, 0.29) is 13.2 Å². The van der Waals surface area contributed by atoms with Gasteiger partial charge >= 0.3 is 11.9 Å². The Bertz CT molecular complexity index is 196. The van der Waals surface area contributed by atoms with E-state index in [1.807, 2.05) is 0 Å². The number of carbonyl (C=O) groups is 2. The number of hydrogen-bond acceptors (Lipinski definition) is 5. The molecule has 0 saturated carbocycles. The summed E-state index contributed by atoms with van der Waals surface area (Å²) in [4.78, 5) is 23.0. The lowest BCUT2D eigenvalue weighted by Crippen LogP contribution is -2.28. The second-order valence-electron chi connectivity index (χ2n) is 3.19. The first kappa shape index (κ1) is 14.9. The SMILES string of the molecule is CCOC(=O)C(CCCOC)C(=O)OCC. The molecule has 0 heterocycles. The van der Waals surface area contributed by atoms with Gasteiger partial charge in [-0.3, -0.25) is 9.59 Å². The summed E-state index contributed by atoms with van der Waals surface area (Å²) in [5.41, 5.74) is 0. The van der Waals surface area contributed by atoms with Gasteiger partial charge in [0.15, 0.2) is 5.92 Å². The predicted molar refractivity (Wildman–Crippen MR) is 57.9 cm³/mol. The maximum absolute atomic E-state index is 11.5. The molecule has 0 aromatic heterocycles. The van der Waals surface area contributed by atoms with Crippen LogP contribution in [0.4, 0.5) is 0 Å². The van der Waals surface area contributed by atoms with Crippen molar-refractivity contribution in [2.45, 2.75) is 26.7 Å². The summed E-state index contributed by atoms with van der Waals surface area (Å²) >= 11 is 0. The Hall–Kier alpha value is -1.10. The highest BCUT2D eigenvalue weighted by Crippen LogP contribution is 2.11. The molecule has 94 valence electrons. The Morgan fingerprint density at radius 1 is 1.06 bits per heavy atom. The van der Waals surface area contributed by atoms with E-state index < -0.39 is 17.9 Å². The van der Waals surface area contributed by atoms with Gasteiger partial charge in [-0.1, -0.05) is 0 Å². The molecule has 5 heteroatoms. The molecular formula is C11H20O5. The van der Waals surface area contributed by atoms with Crippen LogP contribution in [0, 0.1) is 5.92 Å². The Labute approximate surface area is 96.1 Å². The van der Waals surface area contributed by atoms with Gasteiger partial charge in [0.2, 0.25) is 0 Å². The molecule has 0 fully saturated rings. The van der Waals surface area contributed by atoms with Crippen molar-refractivity contribution in [3.8, 4) is 0 Å². The zero-order valence-corrected chi connectivity index (χ0v) is 10.2. The molecule has 0 spiro atoms. The summed E-state index contributed by atoms with van der Waals surface area (Å²) in [5.74, 6) is -1.86. The average molecular weight is 232 g/mol. The van der Waals surface area contributed by atoms with Crippen molar-refractivity contribution in [2.75, 3.05) is 26.9 Å². The van der Waals surface area contributed by atoms with Gasteiger partial charge in [0, 0.05) is 13.7 Å². The van der Waals surface area contributed by atoms with E-state index in [0.29, 0.717) is 19.4 Å². The second-order valence-corrected chi connectivity index (χ2v) is 3.19. The molecule has 0 aliphatic heterocycles. The van der Waals surface area contributed by atoms with Crippen molar-refractivity contribution in [1.29, 1.82) is 0 Å². The zero-order chi connectivity index (χ0) is 12.4. The van der Waals surface area contributed by atoms with Crippen molar-refractivity contribution in [1.82, 2.24) is 0 Å². The van der Waals surface area contributed by atoms with E-state index in [2.05, 4.69) is 0 Å². The minimum absolute atomic E-state index is 0.263. The third-order valence-corrected chi connectivity index (χ3v) is 1.98. The lowest BCUT2D eigenvalue weighted by Gasteiger charge is -2.13. The first-order valence-electron chi connectivity index (χ1n) is 5.49. The largest absolute Gasteiger partial charge is 0.465 e. The standard InChI is InChI=1S/C11H20O5/c1-4-15-10(12)9(7-6-8-14-3)11(13)16-5-2/h9H,4-8H2,1-3H3. The predicted octanol–water partition coefficient (Wildman–Crippen LogP) is 1.16. The van der Waals surface area contributed by atoms with Gasteiger partial charge in [0.05, 0.1) is 13.2 Å². The van der Waals surface area contributed by atoms with E-state index in [9.17, 15) is 9.59 Å². The third-order valence-electron chi connectivity index (χ3n) is 1.98. The Morgan fingerprint density at radius 2 is 1.56 bits per heavy atom. The Kier molecular flexibility index (Phi) is 8.52. The van der Waals surface area contributed by atoms with Gasteiger partial charge in [-0.05, 0) is 26.7 Å². The number of rotatable bonds is 8. The van der Waals surface area contributed by atoms with Crippen LogP contribution in [0.25, 0.3) is 0 Å². The number of esters is 2. The van der Waals surface area contributed by atoms with Gasteiger partial charge in [0.25, 0.3) is 0 Å². The quantitative estimate of drug-likeness (QED) is 0.357. The van der Waals surface area contributed by atoms with Crippen LogP contribution in [-0.4, -0.2) is 38.9 Å². The monoisotopic (exact) mass is 232 g/mol. The fraction of sp³-hybridized carbons (Fsp3) is 0.818. The number of carbonyl (C=O) groups excluding carboxylic acids is 2. The summed E-state index contributed by atoms with van der Waals surface area (Å²) < 4.78 is 14.5. The lowest BCUT2D eigenvalue weighted by atomic mass is 10.0. The van der Waals surface area contributed by atoms with Gasteiger partial charge < -0.3 is 14.2 Å².